The summed E-state index contributed by atoms with van der Waals surface area (Å²) in [6.07, 6.45) is 3.34. The Morgan fingerprint density at radius 2 is 1.80 bits per heavy atom. The lowest BCUT2D eigenvalue weighted by Gasteiger charge is -2.18. The zero-order chi connectivity index (χ0) is 7.98. The number of methoxy groups -OCH3 is 1. The Hall–Kier alpha value is -0.383. The molecule has 0 aromatic heterocycles. The molecule has 2 unspecified atom stereocenters. The van der Waals surface area contributed by atoms with E-state index in [-0.39, 0.29) is 12.2 Å². The highest BCUT2D eigenvalue weighted by atomic mass is 28.2. The molecule has 58 valence electrons. The van der Waals surface area contributed by atoms with Crippen molar-refractivity contribution in [2.75, 3.05) is 7.11 Å². The van der Waals surface area contributed by atoms with Gasteiger partial charge in [0.2, 0.25) is 0 Å². The summed E-state index contributed by atoms with van der Waals surface area (Å²) < 4.78 is 10.2. The number of hydrogen-bond donors (Lipinski definition) is 0. The van der Waals surface area contributed by atoms with Gasteiger partial charge in [-0.25, -0.2) is 0 Å². The second-order valence-electron chi connectivity index (χ2n) is 1.87. The third-order valence-electron chi connectivity index (χ3n) is 1.33. The molecule has 2 nitrogen and oxygen atoms in total. The summed E-state index contributed by atoms with van der Waals surface area (Å²) in [6.45, 7) is 7.23. The summed E-state index contributed by atoms with van der Waals surface area (Å²) in [5.74, 6) is 0. The van der Waals surface area contributed by atoms with Gasteiger partial charge >= 0.3 is 0 Å². The molecule has 0 fully saturated rings. The Balaban J connectivity index is 3.93. The average molecular weight is 158 g/mol. The monoisotopic (exact) mass is 158 g/mol. The van der Waals surface area contributed by atoms with Crippen LogP contribution in [0.3, 0.4) is 0 Å². The van der Waals surface area contributed by atoms with E-state index in [1.807, 2.05) is 0 Å². The first kappa shape index (κ1) is 9.62. The van der Waals surface area contributed by atoms with Crippen molar-refractivity contribution in [3.63, 3.8) is 0 Å². The van der Waals surface area contributed by atoms with Gasteiger partial charge in [0.15, 0.2) is 0 Å². The van der Waals surface area contributed by atoms with Crippen LogP contribution in [0, 0.1) is 0 Å². The normalized spacial score (nSPS) is 16.1. The molecule has 0 aliphatic rings. The summed E-state index contributed by atoms with van der Waals surface area (Å²) in [7, 11) is 2.32. The lowest BCUT2D eigenvalue weighted by Crippen LogP contribution is -2.25. The van der Waals surface area contributed by atoms with E-state index in [9.17, 15) is 0 Å². The second-order valence-corrected chi connectivity index (χ2v) is 2.34. The molecule has 0 aromatic rings. The molecule has 0 bridgehead atoms. The van der Waals surface area contributed by atoms with Gasteiger partial charge in [0.1, 0.15) is 16.6 Å². The van der Waals surface area contributed by atoms with Crippen molar-refractivity contribution in [2.45, 2.75) is 12.2 Å². The molecule has 0 N–H and O–H groups in total. The predicted octanol–water partition coefficient (Wildman–Crippen LogP) is 0.0390. The minimum atomic E-state index is -0.0602. The van der Waals surface area contributed by atoms with Crippen LogP contribution in [0.4, 0.5) is 0 Å². The van der Waals surface area contributed by atoms with Crippen molar-refractivity contribution < 1.29 is 9.16 Å². The molecule has 2 atom stereocenters. The number of hydrogen-bond acceptors (Lipinski definition) is 2. The van der Waals surface area contributed by atoms with E-state index in [0.717, 1.165) is 0 Å². The lowest BCUT2D eigenvalue weighted by atomic mass is 10.2. The third-order valence-corrected chi connectivity index (χ3v) is 1.88. The van der Waals surface area contributed by atoms with Crippen LogP contribution in [-0.2, 0) is 9.16 Å². The van der Waals surface area contributed by atoms with E-state index in [0.29, 0.717) is 10.5 Å². The molecule has 0 saturated carbocycles. The smallest absolute Gasteiger partial charge is 0.147 e. The molecule has 0 aromatic carbocycles. The van der Waals surface area contributed by atoms with E-state index in [2.05, 4.69) is 13.2 Å². The van der Waals surface area contributed by atoms with Crippen molar-refractivity contribution in [1.29, 1.82) is 0 Å². The minimum Gasteiger partial charge on any atom is -0.419 e. The molecule has 0 saturated heterocycles. The first-order valence-electron chi connectivity index (χ1n) is 3.10. The first-order valence-corrected chi connectivity index (χ1v) is 3.92. The van der Waals surface area contributed by atoms with Gasteiger partial charge in [-0.05, 0) is 0 Å². The van der Waals surface area contributed by atoms with Gasteiger partial charge in [0.05, 0.1) is 6.10 Å². The van der Waals surface area contributed by atoms with Crippen molar-refractivity contribution in [3.8, 4) is 0 Å². The molecular weight excluding hydrogens is 144 g/mol. The second kappa shape index (κ2) is 5.41. The van der Waals surface area contributed by atoms with Gasteiger partial charge < -0.3 is 9.16 Å². The van der Waals surface area contributed by atoms with E-state index < -0.39 is 0 Å². The van der Waals surface area contributed by atoms with Crippen LogP contribution in [-0.4, -0.2) is 29.8 Å². The fourth-order valence-corrected chi connectivity index (χ4v) is 1.19. The van der Waals surface area contributed by atoms with Crippen LogP contribution in [0.25, 0.3) is 0 Å². The van der Waals surface area contributed by atoms with Crippen LogP contribution >= 0.6 is 0 Å². The summed E-state index contributed by atoms with van der Waals surface area (Å²) >= 11 is 0. The maximum atomic E-state index is 5.17. The predicted molar refractivity (Wildman–Crippen MR) is 46.0 cm³/mol. The Bertz CT molecular complexity index is 100. The lowest BCUT2D eigenvalue weighted by molar-refractivity contribution is 0.0606. The zero-order valence-corrected chi connectivity index (χ0v) is 8.54. The third kappa shape index (κ3) is 2.47. The molecule has 0 spiro atoms. The van der Waals surface area contributed by atoms with Crippen molar-refractivity contribution >= 4 is 10.5 Å². The summed E-state index contributed by atoms with van der Waals surface area (Å²) in [6, 6.07) is 0. The van der Waals surface area contributed by atoms with Gasteiger partial charge in [-0.1, -0.05) is 12.2 Å². The largest absolute Gasteiger partial charge is 0.419 e. The van der Waals surface area contributed by atoms with Crippen LogP contribution in [0.1, 0.15) is 0 Å². The van der Waals surface area contributed by atoms with Crippen molar-refractivity contribution in [3.05, 3.63) is 25.3 Å². The molecule has 3 heteroatoms. The topological polar surface area (TPSA) is 18.5 Å². The maximum absolute atomic E-state index is 5.17. The highest BCUT2D eigenvalue weighted by molar-refractivity contribution is 5.98. The summed E-state index contributed by atoms with van der Waals surface area (Å²) in [5.41, 5.74) is 0. The van der Waals surface area contributed by atoms with Crippen LogP contribution in [0.5, 0.6) is 0 Å². The standard InChI is InChI=1S/C7H14O2Si/c1-4-6(8-3)7(5-2)9-10/h4-7H,1-2H2,3,10H3. The van der Waals surface area contributed by atoms with E-state index in [1.165, 1.54) is 0 Å². The van der Waals surface area contributed by atoms with Crippen LogP contribution in [0.2, 0.25) is 0 Å². The van der Waals surface area contributed by atoms with E-state index in [4.69, 9.17) is 9.16 Å². The van der Waals surface area contributed by atoms with Gasteiger partial charge in [-0.3, -0.25) is 0 Å². The molecule has 0 rings (SSSR count). The fourth-order valence-electron chi connectivity index (χ4n) is 0.729. The molecule has 0 aliphatic heterocycles. The highest BCUT2D eigenvalue weighted by Crippen LogP contribution is 2.03. The van der Waals surface area contributed by atoms with E-state index >= 15 is 0 Å². The molecule has 0 heterocycles. The zero-order valence-electron chi connectivity index (χ0n) is 6.54. The Labute approximate surface area is 65.1 Å². The first-order chi connectivity index (χ1) is 4.79. The SMILES string of the molecule is C=CC(OC)C(C=C)O[SiH3]. The Morgan fingerprint density at radius 1 is 1.30 bits per heavy atom. The highest BCUT2D eigenvalue weighted by Gasteiger charge is 2.11. The summed E-state index contributed by atoms with van der Waals surface area (Å²) in [4.78, 5) is 0. The van der Waals surface area contributed by atoms with Gasteiger partial charge in [-0.15, -0.1) is 13.2 Å². The van der Waals surface area contributed by atoms with E-state index in [1.54, 1.807) is 19.3 Å². The van der Waals surface area contributed by atoms with Gasteiger partial charge in [0, 0.05) is 7.11 Å². The Morgan fingerprint density at radius 3 is 1.90 bits per heavy atom. The fraction of sp³-hybridized carbons (Fsp3) is 0.429. The average Bonchev–Trinajstić information content (AvgIpc) is 2.00. The maximum Gasteiger partial charge on any atom is 0.147 e. The van der Waals surface area contributed by atoms with Crippen molar-refractivity contribution in [2.24, 2.45) is 0 Å². The van der Waals surface area contributed by atoms with Crippen LogP contribution in [0.15, 0.2) is 25.3 Å². The number of rotatable bonds is 5. The summed E-state index contributed by atoms with van der Waals surface area (Å²) in [5, 5.41) is 0. The number of ether oxygens (including phenoxy) is 1. The molecule has 0 aliphatic carbocycles. The van der Waals surface area contributed by atoms with Gasteiger partial charge in [0.25, 0.3) is 0 Å². The van der Waals surface area contributed by atoms with Gasteiger partial charge in [-0.2, -0.15) is 0 Å². The quantitative estimate of drug-likeness (QED) is 0.415. The molecular formula is C7H14O2Si. The molecule has 0 radical (unpaired) electrons. The Kier molecular flexibility index (Phi) is 5.20. The van der Waals surface area contributed by atoms with Crippen LogP contribution < -0.4 is 0 Å². The minimum absolute atomic E-state index is 0.0332. The molecule has 10 heavy (non-hydrogen) atoms. The molecule has 0 amide bonds. The van der Waals surface area contributed by atoms with Crippen molar-refractivity contribution in [1.82, 2.24) is 0 Å².